The van der Waals surface area contributed by atoms with Gasteiger partial charge in [-0.25, -0.2) is 0 Å². The number of amides is 2. The molecule has 0 saturated carbocycles. The van der Waals surface area contributed by atoms with Crippen LogP contribution in [0.1, 0.15) is 73.4 Å². The first-order chi connectivity index (χ1) is 22.7. The number of carbonyl (C=O) groups is 2. The first kappa shape index (κ1) is 29.6. The van der Waals surface area contributed by atoms with Gasteiger partial charge in [0.05, 0.1) is 0 Å². The van der Waals surface area contributed by atoms with E-state index in [1.165, 1.54) is 0 Å². The van der Waals surface area contributed by atoms with Crippen molar-refractivity contribution in [3.8, 4) is 22.9 Å². The molecule has 0 spiro atoms. The monoisotopic (exact) mass is 646 g/mol. The molecule has 0 unspecified atom stereocenters. The fourth-order valence-electron chi connectivity index (χ4n) is 6.23. The Kier molecular flexibility index (Phi) is 6.08. The van der Waals surface area contributed by atoms with Crippen LogP contribution in [0, 0.1) is 0 Å². The SMILES string of the molecule is CC(C)(C)c1ccc(O)c(-n2n3c4ccc(C(=O)NCCNC(=O)c5ccc6c(c5)n5n(-c7cc(C(C)(C)C)ccc7O)n65)cc4n23)c1. The quantitative estimate of drug-likeness (QED) is 0.175. The molecule has 8 aromatic rings. The molecule has 0 bridgehead atoms. The van der Waals surface area contributed by atoms with E-state index < -0.39 is 0 Å². The molecule has 12 heteroatoms. The van der Waals surface area contributed by atoms with Crippen LogP contribution in [0.15, 0.2) is 72.8 Å². The van der Waals surface area contributed by atoms with Gasteiger partial charge < -0.3 is 20.8 Å². The van der Waals surface area contributed by atoms with Crippen LogP contribution in [-0.4, -0.2) is 63.2 Å². The number of phenolic OH excluding ortho intramolecular Hbond substituents is 2. The summed E-state index contributed by atoms with van der Waals surface area (Å²) in [5.74, 6) is -0.108. The molecule has 12 nitrogen and oxygen atoms in total. The highest BCUT2D eigenvalue weighted by Crippen LogP contribution is 2.36. The van der Waals surface area contributed by atoms with Crippen LogP contribution in [0.2, 0.25) is 0 Å². The van der Waals surface area contributed by atoms with Gasteiger partial charge in [-0.05, 0) is 82.6 Å². The molecule has 4 aromatic heterocycles. The number of nitrogens with zero attached hydrogens (tertiary/aromatic N) is 6. The first-order valence-corrected chi connectivity index (χ1v) is 16.1. The average Bonchev–Trinajstić information content (AvgIpc) is 3.89. The lowest BCUT2D eigenvalue weighted by Gasteiger charge is -2.19. The molecule has 4 aromatic carbocycles. The zero-order valence-corrected chi connectivity index (χ0v) is 27.7. The fraction of sp³-hybridized carbons (Fsp3) is 0.278. The molecule has 48 heavy (non-hydrogen) atoms. The molecule has 0 radical (unpaired) electrons. The zero-order valence-electron chi connectivity index (χ0n) is 27.7. The van der Waals surface area contributed by atoms with Gasteiger partial charge in [-0.3, -0.25) is 9.59 Å². The molecule has 0 aliphatic rings. The molecule has 8 rings (SSSR count). The second-order valence-electron chi connectivity index (χ2n) is 14.6. The molecule has 4 heterocycles. The number of nitrogens with one attached hydrogen (secondary N) is 2. The fourth-order valence-corrected chi connectivity index (χ4v) is 6.23. The van der Waals surface area contributed by atoms with Gasteiger partial charge >= 0.3 is 0 Å². The molecular weight excluding hydrogens is 608 g/mol. The minimum absolute atomic E-state index is 0.0641. The highest BCUT2D eigenvalue weighted by molar-refractivity contribution is 5.99. The molecule has 0 atom stereocenters. The Hall–Kier alpha value is -5.78. The normalized spacial score (nSPS) is 12.9. The number of aromatic hydroxyl groups is 2. The Morgan fingerprint density at radius 2 is 0.917 bits per heavy atom. The number of fused-ring (bicyclic) bond motifs is 8. The van der Waals surface area contributed by atoms with E-state index in [4.69, 9.17) is 0 Å². The summed E-state index contributed by atoms with van der Waals surface area (Å²) < 4.78 is 7.69. The van der Waals surface area contributed by atoms with Crippen molar-refractivity contribution >= 4 is 33.9 Å². The molecule has 246 valence electrons. The van der Waals surface area contributed by atoms with Crippen molar-refractivity contribution in [2.24, 2.45) is 0 Å². The molecule has 0 saturated heterocycles. The van der Waals surface area contributed by atoms with Crippen molar-refractivity contribution in [3.63, 3.8) is 0 Å². The molecule has 0 fully saturated rings. The summed E-state index contributed by atoms with van der Waals surface area (Å²) in [5, 5.41) is 26.9. The van der Waals surface area contributed by atoms with E-state index in [2.05, 4.69) is 52.2 Å². The van der Waals surface area contributed by atoms with Crippen LogP contribution in [0.25, 0.3) is 33.4 Å². The maximum absolute atomic E-state index is 13.0. The Bertz CT molecular complexity index is 2320. The Morgan fingerprint density at radius 1 is 0.542 bits per heavy atom. The molecule has 0 aliphatic carbocycles. The van der Waals surface area contributed by atoms with E-state index in [0.29, 0.717) is 22.5 Å². The van der Waals surface area contributed by atoms with Gasteiger partial charge in [0.25, 0.3) is 11.8 Å². The van der Waals surface area contributed by atoms with Gasteiger partial charge in [0.2, 0.25) is 0 Å². The summed E-state index contributed by atoms with van der Waals surface area (Å²) in [6.45, 7) is 13.3. The van der Waals surface area contributed by atoms with E-state index in [0.717, 1.165) is 33.2 Å². The third-order valence-electron chi connectivity index (χ3n) is 9.16. The average molecular weight is 647 g/mol. The summed E-state index contributed by atoms with van der Waals surface area (Å²) in [6, 6.07) is 22.2. The highest BCUT2D eigenvalue weighted by atomic mass is 16.3. The van der Waals surface area contributed by atoms with Crippen molar-refractivity contribution in [2.75, 3.05) is 13.1 Å². The number of benzene rings is 4. The van der Waals surface area contributed by atoms with Crippen LogP contribution < -0.4 is 10.6 Å². The van der Waals surface area contributed by atoms with Gasteiger partial charge in [-0.15, -0.1) is 28.1 Å². The number of aromatic nitrogens is 6. The van der Waals surface area contributed by atoms with Crippen molar-refractivity contribution in [3.05, 3.63) is 95.1 Å². The van der Waals surface area contributed by atoms with Crippen molar-refractivity contribution in [1.29, 1.82) is 0 Å². The largest absolute Gasteiger partial charge is 0.506 e. The van der Waals surface area contributed by atoms with Crippen molar-refractivity contribution in [2.45, 2.75) is 52.4 Å². The third kappa shape index (κ3) is 4.50. The standard InChI is InChI=1S/C36H38N8O4/c1-35(2,3)23-9-13-31(45)29(19-23)43-39-25-11-7-21(17-27(25)41(39)43)33(47)37-15-16-38-34(48)22-8-12-26-28(18-22)42-40(26)44(42)30-20-24(36(4,5)6)10-14-32(30)46/h7-14,17-20,45-46H,15-16H2,1-6H3,(H,37,47)(H,38,48). The van der Waals surface area contributed by atoms with Gasteiger partial charge in [0, 0.05) is 24.2 Å². The summed E-state index contributed by atoms with van der Waals surface area (Å²) in [6.07, 6.45) is 0. The van der Waals surface area contributed by atoms with Gasteiger partial charge in [-0.2, -0.15) is 0 Å². The molecular formula is C36H38N8O4. The van der Waals surface area contributed by atoms with Crippen LogP contribution >= 0.6 is 0 Å². The third-order valence-corrected chi connectivity index (χ3v) is 9.16. The lowest BCUT2D eigenvalue weighted by molar-refractivity contribution is 0.0928. The lowest BCUT2D eigenvalue weighted by atomic mass is 9.87. The van der Waals surface area contributed by atoms with Crippen molar-refractivity contribution in [1.82, 2.24) is 38.7 Å². The van der Waals surface area contributed by atoms with E-state index >= 15 is 0 Å². The predicted molar refractivity (Wildman–Crippen MR) is 183 cm³/mol. The number of hydrogen-bond donors (Lipinski definition) is 4. The summed E-state index contributed by atoms with van der Waals surface area (Å²) >= 11 is 0. The first-order valence-electron chi connectivity index (χ1n) is 16.1. The molecule has 4 N–H and O–H groups in total. The minimum atomic E-state index is -0.238. The lowest BCUT2D eigenvalue weighted by Crippen LogP contribution is -2.34. The summed E-state index contributed by atoms with van der Waals surface area (Å²) in [7, 11) is 0. The minimum Gasteiger partial charge on any atom is -0.506 e. The summed E-state index contributed by atoms with van der Waals surface area (Å²) in [5.41, 5.74) is 8.11. The van der Waals surface area contributed by atoms with Gasteiger partial charge in [0.1, 0.15) is 44.9 Å². The maximum Gasteiger partial charge on any atom is 0.251 e. The number of rotatable bonds is 7. The Labute approximate surface area is 275 Å². The highest BCUT2D eigenvalue weighted by Gasteiger charge is 2.29. The van der Waals surface area contributed by atoms with Crippen molar-refractivity contribution < 1.29 is 19.8 Å². The topological polar surface area (TPSA) is 126 Å². The second-order valence-corrected chi connectivity index (χ2v) is 14.6. The number of hydrogen-bond acceptors (Lipinski definition) is 4. The van der Waals surface area contributed by atoms with E-state index in [-0.39, 0.29) is 47.2 Å². The van der Waals surface area contributed by atoms with E-state index in [1.54, 1.807) is 24.3 Å². The Morgan fingerprint density at radius 3 is 1.29 bits per heavy atom. The zero-order chi connectivity index (χ0) is 33.9. The summed E-state index contributed by atoms with van der Waals surface area (Å²) in [4.78, 5) is 29.7. The number of phenols is 2. The molecule has 2 amide bonds. The number of carbonyl (C=O) groups excluding carboxylic acids is 2. The predicted octanol–water partition coefficient (Wildman–Crippen LogP) is 5.32. The Balaban J connectivity index is 0.904. The maximum atomic E-state index is 13.0. The van der Waals surface area contributed by atoms with E-state index in [9.17, 15) is 19.8 Å². The van der Waals surface area contributed by atoms with Gasteiger partial charge in [-0.1, -0.05) is 53.7 Å². The second kappa shape index (κ2) is 9.86. The van der Waals surface area contributed by atoms with Crippen LogP contribution in [0.3, 0.4) is 0 Å². The van der Waals surface area contributed by atoms with E-state index in [1.807, 2.05) is 76.6 Å². The molecule has 0 aliphatic heterocycles. The van der Waals surface area contributed by atoms with Gasteiger partial charge in [0.15, 0.2) is 0 Å². The smallest absolute Gasteiger partial charge is 0.251 e. The van der Waals surface area contributed by atoms with Crippen LogP contribution in [0.5, 0.6) is 11.5 Å². The van der Waals surface area contributed by atoms with Crippen LogP contribution in [-0.2, 0) is 10.8 Å². The van der Waals surface area contributed by atoms with Crippen LogP contribution in [0.4, 0.5) is 0 Å².